The van der Waals surface area contributed by atoms with E-state index in [1.165, 1.54) is 30.3 Å². The summed E-state index contributed by atoms with van der Waals surface area (Å²) in [6.45, 7) is 3.31. The number of esters is 1. The lowest BCUT2D eigenvalue weighted by Crippen LogP contribution is -2.46. The number of hydrogen-bond donors (Lipinski definition) is 1. The van der Waals surface area contributed by atoms with Crippen LogP contribution in [0.15, 0.2) is 47.4 Å². The molecule has 2 aromatic rings. The molecule has 0 aliphatic carbocycles. The van der Waals surface area contributed by atoms with Gasteiger partial charge in [0, 0.05) is 6.07 Å². The van der Waals surface area contributed by atoms with Crippen molar-refractivity contribution in [2.24, 2.45) is 5.92 Å². The molecule has 1 N–H and O–H groups in total. The minimum absolute atomic E-state index is 0.106. The zero-order chi connectivity index (χ0) is 23.8. The first-order valence-corrected chi connectivity index (χ1v) is 11.7. The fourth-order valence-corrected chi connectivity index (χ4v) is 4.80. The van der Waals surface area contributed by atoms with Gasteiger partial charge in [-0.3, -0.25) is 14.4 Å². The second-order valence-corrected chi connectivity index (χ2v) is 9.54. The third kappa shape index (κ3) is 4.41. The molecule has 1 unspecified atom stereocenters. The van der Waals surface area contributed by atoms with Gasteiger partial charge in [-0.2, -0.15) is 4.72 Å². The number of fused-ring (bicyclic) bond motifs is 2. The van der Waals surface area contributed by atoms with Gasteiger partial charge in [-0.1, -0.05) is 26.0 Å². The van der Waals surface area contributed by atoms with Gasteiger partial charge in [0.05, 0.1) is 16.0 Å². The Morgan fingerprint density at radius 3 is 2.24 bits per heavy atom. The van der Waals surface area contributed by atoms with Gasteiger partial charge >= 0.3 is 5.97 Å². The van der Waals surface area contributed by atoms with Gasteiger partial charge in [0.1, 0.15) is 19.3 Å². The Morgan fingerprint density at radius 2 is 1.64 bits per heavy atom. The number of ether oxygens (including phenoxy) is 3. The molecule has 33 heavy (non-hydrogen) atoms. The van der Waals surface area contributed by atoms with Crippen LogP contribution in [0.2, 0.25) is 0 Å². The Morgan fingerprint density at radius 1 is 1.03 bits per heavy atom. The minimum Gasteiger partial charge on any atom is -0.486 e. The van der Waals surface area contributed by atoms with Gasteiger partial charge < -0.3 is 14.2 Å². The first kappa shape index (κ1) is 22.7. The molecule has 2 aliphatic rings. The molecule has 0 bridgehead atoms. The number of amides is 2. The number of carbonyl (C=O) groups excluding carboxylic acids is 3. The molecule has 0 saturated heterocycles. The lowest BCUT2D eigenvalue weighted by atomic mass is 10.1. The van der Waals surface area contributed by atoms with Crippen LogP contribution in [0.4, 0.5) is 0 Å². The summed E-state index contributed by atoms with van der Waals surface area (Å²) < 4.78 is 44.2. The second kappa shape index (κ2) is 8.83. The molecule has 1 atom stereocenters. The van der Waals surface area contributed by atoms with Crippen molar-refractivity contribution in [3.05, 3.63) is 53.6 Å². The maximum Gasteiger partial charge on any atom is 0.326 e. The molecule has 10 nitrogen and oxygen atoms in total. The predicted molar refractivity (Wildman–Crippen MR) is 114 cm³/mol. The minimum atomic E-state index is -4.12. The lowest BCUT2D eigenvalue weighted by Gasteiger charge is -2.23. The Labute approximate surface area is 190 Å². The van der Waals surface area contributed by atoms with E-state index in [-0.39, 0.29) is 16.0 Å². The molecule has 2 aromatic carbocycles. The van der Waals surface area contributed by atoms with Crippen molar-refractivity contribution in [3.63, 3.8) is 0 Å². The highest BCUT2D eigenvalue weighted by Gasteiger charge is 2.37. The SMILES string of the molecule is CC(C)C(NS(=O)(=O)c1ccc2c(c1)OCCO2)C(=O)OCN1C(=O)c2ccccc2C1=O. The summed E-state index contributed by atoms with van der Waals surface area (Å²) in [5, 5.41) is 0. The Hall–Kier alpha value is -3.44. The van der Waals surface area contributed by atoms with Gasteiger partial charge in [-0.25, -0.2) is 13.3 Å². The van der Waals surface area contributed by atoms with Crippen LogP contribution in [0.25, 0.3) is 0 Å². The van der Waals surface area contributed by atoms with Gasteiger partial charge in [-0.15, -0.1) is 0 Å². The molecule has 0 fully saturated rings. The van der Waals surface area contributed by atoms with Crippen LogP contribution in [0.3, 0.4) is 0 Å². The van der Waals surface area contributed by atoms with Crippen molar-refractivity contribution in [1.29, 1.82) is 0 Å². The predicted octanol–water partition coefficient (Wildman–Crippen LogP) is 1.56. The third-order valence-electron chi connectivity index (χ3n) is 5.24. The molecule has 4 rings (SSSR count). The van der Waals surface area contributed by atoms with E-state index < -0.39 is 46.5 Å². The molecule has 0 radical (unpaired) electrons. The van der Waals surface area contributed by atoms with E-state index in [0.29, 0.717) is 24.7 Å². The van der Waals surface area contributed by atoms with Crippen molar-refractivity contribution >= 4 is 27.8 Å². The molecule has 0 saturated carbocycles. The molecular formula is C22H22N2O8S. The molecular weight excluding hydrogens is 452 g/mol. The van der Waals surface area contributed by atoms with Crippen LogP contribution in [0, 0.1) is 5.92 Å². The largest absolute Gasteiger partial charge is 0.486 e. The number of carbonyl (C=O) groups is 3. The van der Waals surface area contributed by atoms with E-state index >= 15 is 0 Å². The van der Waals surface area contributed by atoms with Crippen LogP contribution < -0.4 is 14.2 Å². The molecule has 0 spiro atoms. The molecule has 2 aliphatic heterocycles. The van der Waals surface area contributed by atoms with Gasteiger partial charge in [0.25, 0.3) is 11.8 Å². The van der Waals surface area contributed by atoms with E-state index in [0.717, 1.165) is 4.90 Å². The van der Waals surface area contributed by atoms with Crippen LogP contribution in [0.5, 0.6) is 11.5 Å². The van der Waals surface area contributed by atoms with Crippen molar-refractivity contribution in [3.8, 4) is 11.5 Å². The van der Waals surface area contributed by atoms with E-state index in [4.69, 9.17) is 14.2 Å². The highest BCUT2D eigenvalue weighted by atomic mass is 32.2. The van der Waals surface area contributed by atoms with Crippen LogP contribution >= 0.6 is 0 Å². The van der Waals surface area contributed by atoms with Crippen molar-refractivity contribution in [2.45, 2.75) is 24.8 Å². The maximum atomic E-state index is 12.9. The van der Waals surface area contributed by atoms with Crippen LogP contribution in [-0.2, 0) is 19.6 Å². The summed E-state index contributed by atoms with van der Waals surface area (Å²) in [4.78, 5) is 38.3. The topological polar surface area (TPSA) is 128 Å². The molecule has 11 heteroatoms. The summed E-state index contributed by atoms with van der Waals surface area (Å²) in [5.74, 6) is -1.84. The number of sulfonamides is 1. The van der Waals surface area contributed by atoms with E-state index in [9.17, 15) is 22.8 Å². The number of benzene rings is 2. The maximum absolute atomic E-state index is 12.9. The fraction of sp³-hybridized carbons (Fsp3) is 0.318. The lowest BCUT2D eigenvalue weighted by molar-refractivity contribution is -0.149. The van der Waals surface area contributed by atoms with Crippen LogP contribution in [-0.4, -0.2) is 57.1 Å². The zero-order valence-corrected chi connectivity index (χ0v) is 18.8. The van der Waals surface area contributed by atoms with E-state index in [1.54, 1.807) is 26.0 Å². The smallest absolute Gasteiger partial charge is 0.326 e. The second-order valence-electron chi connectivity index (χ2n) is 7.82. The number of nitrogens with zero attached hydrogens (tertiary/aromatic N) is 1. The zero-order valence-electron chi connectivity index (χ0n) is 17.9. The standard InChI is InChI=1S/C22H22N2O8S/c1-13(2)19(23-33(28,29)14-7-8-17-18(11-14)31-10-9-30-17)22(27)32-12-24-20(25)15-5-3-4-6-16(15)21(24)26/h3-8,11,13,19,23H,9-10,12H2,1-2H3. The first-order chi connectivity index (χ1) is 15.7. The monoisotopic (exact) mass is 474 g/mol. The number of rotatable bonds is 7. The summed E-state index contributed by atoms with van der Waals surface area (Å²) in [7, 11) is -4.12. The highest BCUT2D eigenvalue weighted by Crippen LogP contribution is 2.32. The quantitative estimate of drug-likeness (QED) is 0.473. The summed E-state index contributed by atoms with van der Waals surface area (Å²) >= 11 is 0. The highest BCUT2D eigenvalue weighted by molar-refractivity contribution is 7.89. The average Bonchev–Trinajstić information content (AvgIpc) is 3.05. The third-order valence-corrected chi connectivity index (χ3v) is 6.68. The fourth-order valence-electron chi connectivity index (χ4n) is 3.46. The normalized spacial score (nSPS) is 16.0. The molecule has 174 valence electrons. The summed E-state index contributed by atoms with van der Waals surface area (Å²) in [6, 6.07) is 9.16. The van der Waals surface area contributed by atoms with Crippen LogP contribution in [0.1, 0.15) is 34.6 Å². The van der Waals surface area contributed by atoms with Gasteiger partial charge in [0.2, 0.25) is 10.0 Å². The molecule has 2 amide bonds. The number of imide groups is 1. The van der Waals surface area contributed by atoms with E-state index in [2.05, 4.69) is 4.72 Å². The van der Waals surface area contributed by atoms with Gasteiger partial charge in [0.15, 0.2) is 18.2 Å². The Kier molecular flexibility index (Phi) is 6.09. The number of hydrogen-bond acceptors (Lipinski definition) is 8. The molecule has 0 aromatic heterocycles. The Balaban J connectivity index is 1.46. The van der Waals surface area contributed by atoms with Crippen molar-refractivity contribution in [2.75, 3.05) is 19.9 Å². The van der Waals surface area contributed by atoms with Gasteiger partial charge in [-0.05, 0) is 30.2 Å². The van der Waals surface area contributed by atoms with Crippen molar-refractivity contribution in [1.82, 2.24) is 9.62 Å². The first-order valence-electron chi connectivity index (χ1n) is 10.2. The average molecular weight is 474 g/mol. The number of nitrogens with one attached hydrogen (secondary N) is 1. The summed E-state index contributed by atoms with van der Waals surface area (Å²) in [5.41, 5.74) is 0.441. The molecule has 2 heterocycles. The van der Waals surface area contributed by atoms with E-state index in [1.807, 2.05) is 0 Å². The summed E-state index contributed by atoms with van der Waals surface area (Å²) in [6.07, 6.45) is 0. The Bertz CT molecular complexity index is 1190. The van der Waals surface area contributed by atoms with Crippen molar-refractivity contribution < 1.29 is 37.0 Å².